The zero-order valence-corrected chi connectivity index (χ0v) is 14.0. The fourth-order valence-electron chi connectivity index (χ4n) is 1.64. The molecule has 0 saturated heterocycles. The second-order valence-electron chi connectivity index (χ2n) is 4.87. The Morgan fingerprint density at radius 1 is 1.05 bits per heavy atom. The van der Waals surface area contributed by atoms with Crippen molar-refractivity contribution < 1.29 is 4.74 Å². The van der Waals surface area contributed by atoms with E-state index in [1.807, 2.05) is 13.8 Å². The molecule has 0 aliphatic carbocycles. The molecule has 1 heterocycles. The van der Waals surface area contributed by atoms with Gasteiger partial charge in [0, 0.05) is 36.8 Å². The van der Waals surface area contributed by atoms with E-state index in [2.05, 4.69) is 29.1 Å². The predicted molar refractivity (Wildman–Crippen MR) is 85.6 cm³/mol. The summed E-state index contributed by atoms with van der Waals surface area (Å²) in [5.74, 6) is 0.983. The minimum Gasteiger partial charge on any atom is -0.380 e. The highest BCUT2D eigenvalue weighted by Crippen LogP contribution is 2.16. The standard InChI is InChI=1S/C15H27N3OS/c1-5-6-9-19-10-7-16-8-11-20-15-17-13(3)12(2)14(4)18-15/h16H,5-11H2,1-4H3. The number of hydrogen-bond donors (Lipinski definition) is 1. The SMILES string of the molecule is CCCCOCCNCCSc1nc(C)c(C)c(C)n1. The molecule has 1 aromatic rings. The van der Waals surface area contributed by atoms with Crippen LogP contribution in [0.2, 0.25) is 0 Å². The van der Waals surface area contributed by atoms with E-state index in [0.29, 0.717) is 0 Å². The molecule has 1 aromatic heterocycles. The molecule has 0 fully saturated rings. The molecule has 0 unspecified atom stereocenters. The molecule has 114 valence electrons. The third kappa shape index (κ3) is 6.68. The lowest BCUT2D eigenvalue weighted by Crippen LogP contribution is -2.22. The second kappa shape index (κ2) is 10.1. The van der Waals surface area contributed by atoms with E-state index in [4.69, 9.17) is 4.74 Å². The van der Waals surface area contributed by atoms with Gasteiger partial charge >= 0.3 is 0 Å². The van der Waals surface area contributed by atoms with E-state index in [0.717, 1.165) is 55.0 Å². The van der Waals surface area contributed by atoms with Crippen LogP contribution < -0.4 is 5.32 Å². The van der Waals surface area contributed by atoms with E-state index in [9.17, 15) is 0 Å². The molecule has 0 saturated carbocycles. The molecule has 4 nitrogen and oxygen atoms in total. The van der Waals surface area contributed by atoms with Gasteiger partial charge in [-0.25, -0.2) is 9.97 Å². The molecule has 0 aliphatic rings. The zero-order valence-electron chi connectivity index (χ0n) is 13.2. The molecule has 5 heteroatoms. The number of aryl methyl sites for hydroxylation is 2. The van der Waals surface area contributed by atoms with Gasteiger partial charge in [-0.2, -0.15) is 0 Å². The van der Waals surface area contributed by atoms with Gasteiger partial charge in [-0.15, -0.1) is 0 Å². The number of rotatable bonds is 10. The summed E-state index contributed by atoms with van der Waals surface area (Å²) >= 11 is 1.70. The Morgan fingerprint density at radius 3 is 2.40 bits per heavy atom. The lowest BCUT2D eigenvalue weighted by Gasteiger charge is -2.07. The molecule has 0 atom stereocenters. The number of thioether (sulfide) groups is 1. The first-order valence-electron chi connectivity index (χ1n) is 7.38. The van der Waals surface area contributed by atoms with Crippen LogP contribution in [-0.4, -0.2) is 42.0 Å². The van der Waals surface area contributed by atoms with Crippen molar-refractivity contribution in [3.8, 4) is 0 Å². The molecule has 20 heavy (non-hydrogen) atoms. The molecule has 0 aromatic carbocycles. The van der Waals surface area contributed by atoms with Crippen LogP contribution in [-0.2, 0) is 4.74 Å². The van der Waals surface area contributed by atoms with Crippen molar-refractivity contribution in [2.45, 2.75) is 45.7 Å². The molecular formula is C15H27N3OS. The van der Waals surface area contributed by atoms with Crippen molar-refractivity contribution in [2.24, 2.45) is 0 Å². The number of nitrogens with zero attached hydrogens (tertiary/aromatic N) is 2. The first-order valence-corrected chi connectivity index (χ1v) is 8.36. The van der Waals surface area contributed by atoms with Crippen LogP contribution in [0.5, 0.6) is 0 Å². The van der Waals surface area contributed by atoms with Gasteiger partial charge < -0.3 is 10.1 Å². The van der Waals surface area contributed by atoms with Gasteiger partial charge in [-0.1, -0.05) is 25.1 Å². The van der Waals surface area contributed by atoms with Crippen molar-refractivity contribution in [1.29, 1.82) is 0 Å². The Balaban J connectivity index is 2.10. The van der Waals surface area contributed by atoms with Crippen molar-refractivity contribution in [3.63, 3.8) is 0 Å². The van der Waals surface area contributed by atoms with Gasteiger partial charge in [-0.05, 0) is 32.8 Å². The molecule has 0 amide bonds. The Labute approximate surface area is 127 Å². The van der Waals surface area contributed by atoms with Crippen LogP contribution in [0.1, 0.15) is 36.7 Å². The average Bonchev–Trinajstić information content (AvgIpc) is 2.43. The lowest BCUT2D eigenvalue weighted by atomic mass is 10.2. The Bertz CT molecular complexity index is 376. The monoisotopic (exact) mass is 297 g/mol. The number of aromatic nitrogens is 2. The highest BCUT2D eigenvalue weighted by atomic mass is 32.2. The average molecular weight is 297 g/mol. The van der Waals surface area contributed by atoms with Gasteiger partial charge in [0.1, 0.15) is 0 Å². The number of hydrogen-bond acceptors (Lipinski definition) is 5. The summed E-state index contributed by atoms with van der Waals surface area (Å²) in [6, 6.07) is 0. The maximum Gasteiger partial charge on any atom is 0.188 e. The first-order chi connectivity index (χ1) is 9.65. The minimum atomic E-state index is 0.796. The van der Waals surface area contributed by atoms with Crippen LogP contribution >= 0.6 is 11.8 Å². The summed E-state index contributed by atoms with van der Waals surface area (Å²) in [6.45, 7) is 11.9. The molecule has 1 rings (SSSR count). The zero-order chi connectivity index (χ0) is 14.8. The molecule has 0 spiro atoms. The summed E-state index contributed by atoms with van der Waals surface area (Å²) in [5.41, 5.74) is 3.35. The van der Waals surface area contributed by atoms with Crippen molar-refractivity contribution >= 4 is 11.8 Å². The topological polar surface area (TPSA) is 47.0 Å². The molecular weight excluding hydrogens is 270 g/mol. The fraction of sp³-hybridized carbons (Fsp3) is 0.733. The predicted octanol–water partition coefficient (Wildman–Crippen LogP) is 2.90. The summed E-state index contributed by atoms with van der Waals surface area (Å²) in [6.07, 6.45) is 2.35. The number of ether oxygens (including phenoxy) is 1. The highest BCUT2D eigenvalue weighted by molar-refractivity contribution is 7.99. The first kappa shape index (κ1) is 17.4. The number of nitrogens with one attached hydrogen (secondary N) is 1. The Hall–Kier alpha value is -0.650. The third-order valence-corrected chi connectivity index (χ3v) is 4.04. The maximum absolute atomic E-state index is 5.49. The van der Waals surface area contributed by atoms with Gasteiger partial charge in [0.05, 0.1) is 6.61 Å². The van der Waals surface area contributed by atoms with Crippen molar-refractivity contribution in [2.75, 3.05) is 32.1 Å². The third-order valence-electron chi connectivity index (χ3n) is 3.19. The minimum absolute atomic E-state index is 0.796. The van der Waals surface area contributed by atoms with E-state index in [-0.39, 0.29) is 0 Å². The molecule has 0 aliphatic heterocycles. The molecule has 0 radical (unpaired) electrons. The Kier molecular flexibility index (Phi) is 8.82. The Morgan fingerprint density at radius 2 is 1.75 bits per heavy atom. The van der Waals surface area contributed by atoms with E-state index >= 15 is 0 Å². The van der Waals surface area contributed by atoms with E-state index in [1.54, 1.807) is 11.8 Å². The van der Waals surface area contributed by atoms with Crippen LogP contribution in [0.15, 0.2) is 5.16 Å². The highest BCUT2D eigenvalue weighted by Gasteiger charge is 2.04. The van der Waals surface area contributed by atoms with Crippen LogP contribution in [0.25, 0.3) is 0 Å². The summed E-state index contributed by atoms with van der Waals surface area (Å²) in [7, 11) is 0. The lowest BCUT2D eigenvalue weighted by molar-refractivity contribution is 0.133. The normalized spacial score (nSPS) is 11.0. The maximum atomic E-state index is 5.49. The summed E-state index contributed by atoms with van der Waals surface area (Å²) in [5, 5.41) is 4.25. The van der Waals surface area contributed by atoms with E-state index < -0.39 is 0 Å². The van der Waals surface area contributed by atoms with Gasteiger partial charge in [0.2, 0.25) is 0 Å². The largest absolute Gasteiger partial charge is 0.380 e. The fourth-order valence-corrected chi connectivity index (χ4v) is 2.47. The van der Waals surface area contributed by atoms with Crippen LogP contribution in [0.4, 0.5) is 0 Å². The smallest absolute Gasteiger partial charge is 0.188 e. The summed E-state index contributed by atoms with van der Waals surface area (Å²) < 4.78 is 5.49. The van der Waals surface area contributed by atoms with Crippen LogP contribution in [0, 0.1) is 20.8 Å². The summed E-state index contributed by atoms with van der Waals surface area (Å²) in [4.78, 5) is 9.00. The second-order valence-corrected chi connectivity index (χ2v) is 5.93. The quantitative estimate of drug-likeness (QED) is 0.409. The molecule has 1 N–H and O–H groups in total. The van der Waals surface area contributed by atoms with Crippen molar-refractivity contribution in [1.82, 2.24) is 15.3 Å². The van der Waals surface area contributed by atoms with E-state index in [1.165, 1.54) is 12.0 Å². The van der Waals surface area contributed by atoms with Gasteiger partial charge in [-0.3, -0.25) is 0 Å². The van der Waals surface area contributed by atoms with Gasteiger partial charge in [0.15, 0.2) is 5.16 Å². The van der Waals surface area contributed by atoms with Crippen molar-refractivity contribution in [3.05, 3.63) is 17.0 Å². The molecule has 0 bridgehead atoms. The number of unbranched alkanes of at least 4 members (excludes halogenated alkanes) is 1. The van der Waals surface area contributed by atoms with Gasteiger partial charge in [0.25, 0.3) is 0 Å². The van der Waals surface area contributed by atoms with Crippen LogP contribution in [0.3, 0.4) is 0 Å².